The molecule has 0 saturated carbocycles. The van der Waals surface area contributed by atoms with Crippen molar-refractivity contribution >= 4 is 49.8 Å². The van der Waals surface area contributed by atoms with E-state index in [1.807, 2.05) is 30.3 Å². The van der Waals surface area contributed by atoms with Crippen LogP contribution in [0.3, 0.4) is 0 Å². The van der Waals surface area contributed by atoms with Gasteiger partial charge in [0, 0.05) is 17.6 Å². The predicted octanol–water partition coefficient (Wildman–Crippen LogP) is 2.92. The SMILES string of the molecule is O=C(Cn1cnc2c(Cl)cc(Cl)cc2c1=O)N(Cc1ccccc1)[C@@H]1CCS(=O)(=O)C1. The third-order valence-electron chi connectivity index (χ3n) is 5.32. The number of nitrogens with zero attached hydrogens (tertiary/aromatic N) is 3. The van der Waals surface area contributed by atoms with Gasteiger partial charge in [0.1, 0.15) is 6.54 Å². The third-order valence-corrected chi connectivity index (χ3v) is 7.57. The lowest BCUT2D eigenvalue weighted by atomic mass is 10.1. The first-order valence-electron chi connectivity index (χ1n) is 9.61. The molecule has 1 saturated heterocycles. The molecule has 1 fully saturated rings. The van der Waals surface area contributed by atoms with Gasteiger partial charge < -0.3 is 4.90 Å². The van der Waals surface area contributed by atoms with E-state index in [9.17, 15) is 18.0 Å². The monoisotopic (exact) mass is 479 g/mol. The van der Waals surface area contributed by atoms with Crippen LogP contribution in [0.1, 0.15) is 12.0 Å². The second kappa shape index (κ2) is 8.61. The Labute approximate surface area is 189 Å². The summed E-state index contributed by atoms with van der Waals surface area (Å²) in [5.74, 6) is -0.394. The van der Waals surface area contributed by atoms with Gasteiger partial charge in [-0.2, -0.15) is 0 Å². The zero-order valence-corrected chi connectivity index (χ0v) is 18.7. The van der Waals surface area contributed by atoms with E-state index in [0.717, 1.165) is 5.56 Å². The van der Waals surface area contributed by atoms with Gasteiger partial charge in [0.25, 0.3) is 5.56 Å². The van der Waals surface area contributed by atoms with Crippen LogP contribution in [0.15, 0.2) is 53.6 Å². The predicted molar refractivity (Wildman–Crippen MR) is 120 cm³/mol. The summed E-state index contributed by atoms with van der Waals surface area (Å²) in [6.45, 7) is -0.0113. The number of aromatic nitrogens is 2. The first-order chi connectivity index (χ1) is 14.7. The van der Waals surface area contributed by atoms with Crippen molar-refractivity contribution in [2.75, 3.05) is 11.5 Å². The van der Waals surface area contributed by atoms with E-state index in [1.165, 1.54) is 23.0 Å². The van der Waals surface area contributed by atoms with Gasteiger partial charge in [-0.25, -0.2) is 13.4 Å². The normalized spacial score (nSPS) is 17.7. The van der Waals surface area contributed by atoms with Gasteiger partial charge in [0.2, 0.25) is 5.91 Å². The summed E-state index contributed by atoms with van der Waals surface area (Å²) in [5, 5.41) is 0.758. The maximum absolute atomic E-state index is 13.2. The molecule has 0 unspecified atom stereocenters. The van der Waals surface area contributed by atoms with E-state index < -0.39 is 21.4 Å². The Morgan fingerprint density at radius 2 is 1.94 bits per heavy atom. The number of hydrogen-bond acceptors (Lipinski definition) is 5. The lowest BCUT2D eigenvalue weighted by Crippen LogP contribution is -2.43. The van der Waals surface area contributed by atoms with Gasteiger partial charge in [-0.1, -0.05) is 53.5 Å². The Hall–Kier alpha value is -2.42. The molecule has 31 heavy (non-hydrogen) atoms. The van der Waals surface area contributed by atoms with Crippen LogP contribution in [0, 0.1) is 0 Å². The number of amides is 1. The molecule has 0 N–H and O–H groups in total. The Bertz CT molecular complexity index is 1310. The number of carbonyl (C=O) groups is 1. The molecule has 2 heterocycles. The Morgan fingerprint density at radius 1 is 1.19 bits per heavy atom. The molecule has 7 nitrogen and oxygen atoms in total. The van der Waals surface area contributed by atoms with Crippen molar-refractivity contribution in [1.82, 2.24) is 14.5 Å². The van der Waals surface area contributed by atoms with Crippen molar-refractivity contribution in [2.45, 2.75) is 25.6 Å². The molecule has 0 radical (unpaired) electrons. The van der Waals surface area contributed by atoms with Crippen LogP contribution in [-0.4, -0.2) is 46.3 Å². The zero-order chi connectivity index (χ0) is 22.2. The second-order valence-electron chi connectivity index (χ2n) is 7.53. The molecule has 162 valence electrons. The van der Waals surface area contributed by atoms with Gasteiger partial charge in [-0.15, -0.1) is 0 Å². The van der Waals surface area contributed by atoms with Crippen LogP contribution in [0.2, 0.25) is 10.0 Å². The van der Waals surface area contributed by atoms with Crippen LogP contribution >= 0.6 is 23.2 Å². The van der Waals surface area contributed by atoms with E-state index in [-0.39, 0.29) is 40.9 Å². The molecule has 10 heteroatoms. The van der Waals surface area contributed by atoms with Gasteiger partial charge in [0.15, 0.2) is 9.84 Å². The summed E-state index contributed by atoms with van der Waals surface area (Å²) < 4.78 is 25.2. The van der Waals surface area contributed by atoms with E-state index in [0.29, 0.717) is 17.0 Å². The number of carbonyl (C=O) groups excluding carboxylic acids is 1. The molecule has 3 aromatic rings. The Kier molecular flexibility index (Phi) is 6.05. The van der Waals surface area contributed by atoms with Gasteiger partial charge in [-0.05, 0) is 24.1 Å². The minimum Gasteiger partial charge on any atom is -0.333 e. The van der Waals surface area contributed by atoms with Crippen molar-refractivity contribution < 1.29 is 13.2 Å². The summed E-state index contributed by atoms with van der Waals surface area (Å²) >= 11 is 12.1. The molecule has 2 aromatic carbocycles. The van der Waals surface area contributed by atoms with E-state index in [4.69, 9.17) is 23.2 Å². The molecule has 1 aromatic heterocycles. The third kappa shape index (κ3) is 4.76. The first kappa shape index (κ1) is 21.8. The fourth-order valence-electron chi connectivity index (χ4n) is 3.77. The molecule has 0 bridgehead atoms. The highest BCUT2D eigenvalue weighted by Crippen LogP contribution is 2.24. The summed E-state index contributed by atoms with van der Waals surface area (Å²) in [6.07, 6.45) is 1.64. The average molecular weight is 480 g/mol. The number of sulfone groups is 1. The number of hydrogen-bond donors (Lipinski definition) is 0. The molecule has 1 aliphatic heterocycles. The lowest BCUT2D eigenvalue weighted by Gasteiger charge is -2.28. The first-order valence-corrected chi connectivity index (χ1v) is 12.2. The van der Waals surface area contributed by atoms with Crippen molar-refractivity contribution in [1.29, 1.82) is 0 Å². The van der Waals surface area contributed by atoms with Crippen molar-refractivity contribution in [3.05, 3.63) is 74.8 Å². The number of halogens is 2. The standard InChI is InChI=1S/C21H19Cl2N3O4S/c22-15-8-17-20(18(23)9-15)24-13-25(21(17)28)11-19(27)26(10-14-4-2-1-3-5-14)16-6-7-31(29,30)12-16/h1-5,8-9,13,16H,6-7,10-12H2/t16-/m1/s1. The summed E-state index contributed by atoms with van der Waals surface area (Å²) in [7, 11) is -3.19. The van der Waals surface area contributed by atoms with Crippen LogP contribution in [-0.2, 0) is 27.7 Å². The molecule has 0 spiro atoms. The highest BCUT2D eigenvalue weighted by molar-refractivity contribution is 7.91. The number of rotatable bonds is 5. The highest BCUT2D eigenvalue weighted by atomic mass is 35.5. The van der Waals surface area contributed by atoms with Crippen LogP contribution < -0.4 is 5.56 Å². The smallest absolute Gasteiger partial charge is 0.261 e. The summed E-state index contributed by atoms with van der Waals surface area (Å²) in [6, 6.07) is 11.8. The van der Waals surface area contributed by atoms with Gasteiger partial charge >= 0.3 is 0 Å². The summed E-state index contributed by atoms with van der Waals surface area (Å²) in [4.78, 5) is 31.9. The molecule has 1 aliphatic rings. The van der Waals surface area contributed by atoms with Crippen LogP contribution in [0.5, 0.6) is 0 Å². The van der Waals surface area contributed by atoms with Crippen molar-refractivity contribution in [3.63, 3.8) is 0 Å². The molecule has 4 rings (SSSR count). The number of benzene rings is 2. The molecule has 1 amide bonds. The lowest BCUT2D eigenvalue weighted by molar-refractivity contribution is -0.134. The van der Waals surface area contributed by atoms with Crippen molar-refractivity contribution in [3.8, 4) is 0 Å². The van der Waals surface area contributed by atoms with Crippen molar-refractivity contribution in [2.24, 2.45) is 0 Å². The largest absolute Gasteiger partial charge is 0.333 e. The summed E-state index contributed by atoms with van der Waals surface area (Å²) in [5.41, 5.74) is 0.743. The van der Waals surface area contributed by atoms with Crippen LogP contribution in [0.25, 0.3) is 10.9 Å². The fourth-order valence-corrected chi connectivity index (χ4v) is 6.04. The maximum Gasteiger partial charge on any atom is 0.261 e. The topological polar surface area (TPSA) is 89.3 Å². The van der Waals surface area contributed by atoms with Crippen LogP contribution in [0.4, 0.5) is 0 Å². The quantitative estimate of drug-likeness (QED) is 0.561. The molecule has 0 aliphatic carbocycles. The number of fused-ring (bicyclic) bond motifs is 1. The molecular weight excluding hydrogens is 461 g/mol. The van der Waals surface area contributed by atoms with E-state index in [1.54, 1.807) is 4.90 Å². The molecule has 1 atom stereocenters. The minimum atomic E-state index is -3.19. The van der Waals surface area contributed by atoms with E-state index in [2.05, 4.69) is 4.98 Å². The van der Waals surface area contributed by atoms with Gasteiger partial charge in [0.05, 0.1) is 33.8 Å². The molecular formula is C21H19Cl2N3O4S. The fraction of sp³-hybridized carbons (Fsp3) is 0.286. The van der Waals surface area contributed by atoms with Gasteiger partial charge in [-0.3, -0.25) is 14.2 Å². The minimum absolute atomic E-state index is 0.0463. The Morgan fingerprint density at radius 3 is 2.61 bits per heavy atom. The van der Waals surface area contributed by atoms with E-state index >= 15 is 0 Å². The maximum atomic E-state index is 13.2. The average Bonchev–Trinajstić information content (AvgIpc) is 3.08. The highest BCUT2D eigenvalue weighted by Gasteiger charge is 2.34. The Balaban J connectivity index is 1.66. The second-order valence-corrected chi connectivity index (χ2v) is 10.6. The zero-order valence-electron chi connectivity index (χ0n) is 16.4.